The van der Waals surface area contributed by atoms with Crippen LogP contribution < -0.4 is 5.32 Å². The van der Waals surface area contributed by atoms with Gasteiger partial charge >= 0.3 is 18.1 Å². The number of aromatic nitrogens is 2. The molecule has 156 valence electrons. The molecule has 0 bridgehead atoms. The Morgan fingerprint density at radius 2 is 1.86 bits per heavy atom. The van der Waals surface area contributed by atoms with Crippen molar-refractivity contribution in [1.82, 2.24) is 20.2 Å². The summed E-state index contributed by atoms with van der Waals surface area (Å²) < 4.78 is 31.7. The van der Waals surface area contributed by atoms with Crippen molar-refractivity contribution in [1.29, 1.82) is 0 Å². The lowest BCUT2D eigenvalue weighted by atomic mass is 9.78. The highest BCUT2D eigenvalue weighted by Gasteiger charge is 2.60. The molecule has 1 aromatic heterocycles. The number of carboxylic acids is 2. The maximum atomic E-state index is 12.2. The SMILES string of the molecule is O=C(O)C(F)(F)F.O=C(O)C1=C(C(S)c2ncccn2)C[C@@H]2CN[C@@H]3C(=O)N1[C@H]23. The van der Waals surface area contributed by atoms with E-state index >= 15 is 0 Å². The lowest BCUT2D eigenvalue weighted by molar-refractivity contribution is -0.192. The van der Waals surface area contributed by atoms with Crippen LogP contribution in [0.15, 0.2) is 29.7 Å². The third-order valence-electron chi connectivity index (χ3n) is 4.86. The minimum atomic E-state index is -5.08. The second-order valence-electron chi connectivity index (χ2n) is 6.54. The van der Waals surface area contributed by atoms with E-state index in [0.717, 1.165) is 0 Å². The number of nitrogens with zero attached hydrogens (tertiary/aromatic N) is 3. The summed E-state index contributed by atoms with van der Waals surface area (Å²) >= 11 is 4.53. The highest BCUT2D eigenvalue weighted by atomic mass is 32.1. The molecule has 29 heavy (non-hydrogen) atoms. The molecule has 3 aliphatic rings. The first-order valence-corrected chi connectivity index (χ1v) is 8.83. The minimum absolute atomic E-state index is 0.0421. The van der Waals surface area contributed by atoms with Crippen molar-refractivity contribution in [2.45, 2.75) is 29.9 Å². The number of aliphatic carboxylic acids is 2. The molecular formula is C16H15F3N4O5S. The van der Waals surface area contributed by atoms with Crippen molar-refractivity contribution in [3.8, 4) is 0 Å². The minimum Gasteiger partial charge on any atom is -0.477 e. The number of alkyl halides is 3. The first-order valence-electron chi connectivity index (χ1n) is 8.32. The van der Waals surface area contributed by atoms with Gasteiger partial charge in [-0.2, -0.15) is 25.8 Å². The predicted molar refractivity (Wildman–Crippen MR) is 92.6 cm³/mol. The van der Waals surface area contributed by atoms with Gasteiger partial charge in [0.2, 0.25) is 5.91 Å². The molecule has 0 radical (unpaired) electrons. The summed E-state index contributed by atoms with van der Waals surface area (Å²) in [5.41, 5.74) is 0.664. The molecule has 1 amide bonds. The summed E-state index contributed by atoms with van der Waals surface area (Å²) in [4.78, 5) is 42.5. The number of halogens is 3. The number of carbonyl (C=O) groups is 3. The van der Waals surface area contributed by atoms with E-state index in [2.05, 4.69) is 27.9 Å². The normalized spacial score (nSPS) is 26.1. The van der Waals surface area contributed by atoms with E-state index in [9.17, 15) is 27.9 Å². The number of hydrogen-bond acceptors (Lipinski definition) is 7. The fourth-order valence-corrected chi connectivity index (χ4v) is 4.04. The third-order valence-corrected chi connectivity index (χ3v) is 5.40. The number of rotatable bonds is 3. The molecule has 4 rings (SSSR count). The number of amides is 1. The second-order valence-corrected chi connectivity index (χ2v) is 7.06. The molecule has 13 heteroatoms. The summed E-state index contributed by atoms with van der Waals surface area (Å²) in [5.74, 6) is -3.35. The third kappa shape index (κ3) is 3.79. The van der Waals surface area contributed by atoms with E-state index < -0.39 is 23.4 Å². The number of carbonyl (C=O) groups excluding carboxylic acids is 1. The molecule has 0 saturated carbocycles. The van der Waals surface area contributed by atoms with Crippen molar-refractivity contribution < 1.29 is 37.8 Å². The van der Waals surface area contributed by atoms with Gasteiger partial charge in [-0.05, 0) is 24.0 Å². The van der Waals surface area contributed by atoms with Crippen molar-refractivity contribution in [2.75, 3.05) is 6.54 Å². The highest BCUT2D eigenvalue weighted by molar-refractivity contribution is 7.80. The fourth-order valence-electron chi connectivity index (χ4n) is 3.68. The molecule has 1 aromatic rings. The number of thiol groups is 1. The van der Waals surface area contributed by atoms with Gasteiger partial charge < -0.3 is 15.5 Å². The zero-order valence-electron chi connectivity index (χ0n) is 14.5. The fraction of sp³-hybridized carbons (Fsp3) is 0.438. The molecule has 2 saturated heterocycles. The van der Waals surface area contributed by atoms with Crippen LogP contribution in [-0.2, 0) is 14.4 Å². The van der Waals surface area contributed by atoms with Crippen LogP contribution in [0, 0.1) is 5.92 Å². The Labute approximate surface area is 167 Å². The van der Waals surface area contributed by atoms with E-state index in [0.29, 0.717) is 24.4 Å². The van der Waals surface area contributed by atoms with Gasteiger partial charge in [-0.25, -0.2) is 19.6 Å². The van der Waals surface area contributed by atoms with E-state index in [1.165, 1.54) is 4.90 Å². The Kier molecular flexibility index (Phi) is 5.54. The molecule has 0 spiro atoms. The maximum absolute atomic E-state index is 12.2. The van der Waals surface area contributed by atoms with Gasteiger partial charge in [0.05, 0.1) is 11.3 Å². The molecule has 2 fully saturated rings. The van der Waals surface area contributed by atoms with E-state index in [-0.39, 0.29) is 29.6 Å². The molecule has 0 aromatic carbocycles. The van der Waals surface area contributed by atoms with Gasteiger partial charge in [-0.1, -0.05) is 0 Å². The summed E-state index contributed by atoms with van der Waals surface area (Å²) in [6, 6.07) is 1.42. The standard InChI is InChI=1S/C14H14N4O3S.C2HF3O2/c19-13-8-9-6(5-17-8)4-7(10(14(20)21)18(9)13)11(22)12-15-2-1-3-16-12;3-2(4,5)1(6)7/h1-3,6,8-9,11,17,22H,4-5H2,(H,20,21);(H,6,7)/t6-,8+,9-,11?;/m1./s1. The number of nitrogens with one attached hydrogen (secondary N) is 1. The maximum Gasteiger partial charge on any atom is 0.490 e. The number of carboxylic acid groups (broad SMARTS) is 2. The Morgan fingerprint density at radius 3 is 2.38 bits per heavy atom. The van der Waals surface area contributed by atoms with Gasteiger partial charge in [-0.3, -0.25) is 9.69 Å². The van der Waals surface area contributed by atoms with Crippen LogP contribution in [-0.4, -0.2) is 67.7 Å². The second kappa shape index (κ2) is 7.63. The van der Waals surface area contributed by atoms with Crippen LogP contribution in [0.4, 0.5) is 13.2 Å². The van der Waals surface area contributed by atoms with Gasteiger partial charge in [0, 0.05) is 18.9 Å². The van der Waals surface area contributed by atoms with Crippen LogP contribution in [0.2, 0.25) is 0 Å². The Bertz CT molecular complexity index is 879. The molecule has 3 N–H and O–H groups in total. The van der Waals surface area contributed by atoms with E-state index in [1.807, 2.05) is 0 Å². The topological polar surface area (TPSA) is 133 Å². The monoisotopic (exact) mass is 432 g/mol. The summed E-state index contributed by atoms with van der Waals surface area (Å²) in [6.45, 7) is 0.712. The quantitative estimate of drug-likeness (QED) is 0.404. The van der Waals surface area contributed by atoms with Crippen LogP contribution in [0.1, 0.15) is 17.5 Å². The first kappa shape index (κ1) is 21.0. The molecule has 0 aliphatic carbocycles. The van der Waals surface area contributed by atoms with Gasteiger partial charge in [0.1, 0.15) is 17.6 Å². The summed E-state index contributed by atoms with van der Waals surface area (Å²) in [5, 5.41) is 19.4. The molecule has 3 aliphatic heterocycles. The lowest BCUT2D eigenvalue weighted by Gasteiger charge is -2.49. The zero-order chi connectivity index (χ0) is 21.5. The van der Waals surface area contributed by atoms with Crippen molar-refractivity contribution in [3.05, 3.63) is 35.6 Å². The predicted octanol–water partition coefficient (Wildman–Crippen LogP) is 0.622. The number of hydrogen-bond donors (Lipinski definition) is 4. The van der Waals surface area contributed by atoms with Crippen LogP contribution in [0.25, 0.3) is 0 Å². The number of β-lactam (4-membered cyclic amide) rings is 1. The van der Waals surface area contributed by atoms with Gasteiger partial charge in [0.15, 0.2) is 0 Å². The molecular weight excluding hydrogens is 417 g/mol. The van der Waals surface area contributed by atoms with E-state index in [1.54, 1.807) is 18.5 Å². The highest BCUT2D eigenvalue weighted by Crippen LogP contribution is 2.47. The Morgan fingerprint density at radius 1 is 1.28 bits per heavy atom. The van der Waals surface area contributed by atoms with Gasteiger partial charge in [0.25, 0.3) is 0 Å². The van der Waals surface area contributed by atoms with Crippen molar-refractivity contribution >= 4 is 30.5 Å². The molecule has 1 unspecified atom stereocenters. The smallest absolute Gasteiger partial charge is 0.477 e. The van der Waals surface area contributed by atoms with Crippen LogP contribution in [0.5, 0.6) is 0 Å². The largest absolute Gasteiger partial charge is 0.490 e. The Balaban J connectivity index is 0.000000298. The zero-order valence-corrected chi connectivity index (χ0v) is 15.4. The summed E-state index contributed by atoms with van der Waals surface area (Å²) in [6.07, 6.45) is -1.30. The molecule has 9 nitrogen and oxygen atoms in total. The first-order chi connectivity index (χ1) is 13.5. The average Bonchev–Trinajstić information content (AvgIpc) is 3.07. The lowest BCUT2D eigenvalue weighted by Crippen LogP contribution is -2.68. The average molecular weight is 432 g/mol. The van der Waals surface area contributed by atoms with Crippen molar-refractivity contribution in [3.63, 3.8) is 0 Å². The molecule has 4 atom stereocenters. The van der Waals surface area contributed by atoms with Crippen LogP contribution in [0.3, 0.4) is 0 Å². The van der Waals surface area contributed by atoms with Gasteiger partial charge in [-0.15, -0.1) is 0 Å². The molecule has 4 heterocycles. The van der Waals surface area contributed by atoms with E-state index in [4.69, 9.17) is 9.90 Å². The van der Waals surface area contributed by atoms with Crippen molar-refractivity contribution in [2.24, 2.45) is 5.92 Å². The summed E-state index contributed by atoms with van der Waals surface area (Å²) in [7, 11) is 0. The Hall–Kier alpha value is -2.67. The van der Waals surface area contributed by atoms with Crippen LogP contribution >= 0.6 is 12.6 Å².